The van der Waals surface area contributed by atoms with Gasteiger partial charge in [0.05, 0.1) is 12.6 Å². The van der Waals surface area contributed by atoms with E-state index in [1.807, 2.05) is 24.3 Å². The Balaban J connectivity index is 0.00000182. The van der Waals surface area contributed by atoms with Gasteiger partial charge < -0.3 is 14.7 Å². The molecule has 5 heteroatoms. The van der Waals surface area contributed by atoms with Crippen molar-refractivity contribution in [3.05, 3.63) is 48.7 Å². The summed E-state index contributed by atoms with van der Waals surface area (Å²) in [5.41, 5.74) is 1.70. The summed E-state index contributed by atoms with van der Waals surface area (Å²) in [7, 11) is 1.65. The second-order valence-electron chi connectivity index (χ2n) is 6.95. The minimum Gasteiger partial charge on any atom is -0.847 e. The van der Waals surface area contributed by atoms with E-state index in [4.69, 9.17) is 4.74 Å². The van der Waals surface area contributed by atoms with Gasteiger partial charge in [-0.2, -0.15) is 0 Å². The standard InChI is InChI=1S/C20H23N2O2.Li/c1-3-13-12-22-9-7-14(13)10-19(22)20(23)16-6-8-21-18-5-4-15(24-2)11-17(16)18;/h3-6,8,11,13-14,19-20H,1,7,9-10,12H2,2H3;/q-1;+1/t13-,14-,19+,20+;/m0./s1. The molecule has 0 spiro atoms. The smallest absolute Gasteiger partial charge is 0.847 e. The van der Waals surface area contributed by atoms with Gasteiger partial charge in [0.1, 0.15) is 5.75 Å². The van der Waals surface area contributed by atoms with Crippen molar-refractivity contribution in [3.8, 4) is 5.75 Å². The van der Waals surface area contributed by atoms with Gasteiger partial charge in [0.15, 0.2) is 0 Å². The van der Waals surface area contributed by atoms with Crippen molar-refractivity contribution in [2.24, 2.45) is 11.8 Å². The molecule has 5 rings (SSSR count). The van der Waals surface area contributed by atoms with E-state index < -0.39 is 6.10 Å². The molecule has 0 aliphatic carbocycles. The summed E-state index contributed by atoms with van der Waals surface area (Å²) in [4.78, 5) is 6.77. The summed E-state index contributed by atoms with van der Waals surface area (Å²) in [6.07, 6.45) is 5.22. The van der Waals surface area contributed by atoms with Gasteiger partial charge in [-0.15, -0.1) is 6.58 Å². The van der Waals surface area contributed by atoms with Crippen molar-refractivity contribution in [1.82, 2.24) is 9.88 Å². The van der Waals surface area contributed by atoms with E-state index in [-0.39, 0.29) is 24.9 Å². The Bertz CT molecular complexity index is 766. The third-order valence-electron chi connectivity index (χ3n) is 5.79. The summed E-state index contributed by atoms with van der Waals surface area (Å²) in [6, 6.07) is 7.70. The normalized spacial score (nSPS) is 29.0. The molecule has 5 atom stereocenters. The number of aromatic nitrogens is 1. The molecule has 3 fully saturated rings. The van der Waals surface area contributed by atoms with E-state index in [1.165, 1.54) is 6.42 Å². The molecule has 3 aliphatic rings. The Labute approximate surface area is 161 Å². The number of hydrogen-bond donors (Lipinski definition) is 0. The minimum absolute atomic E-state index is 0. The summed E-state index contributed by atoms with van der Waals surface area (Å²) in [5, 5.41) is 14.3. The van der Waals surface area contributed by atoms with Crippen LogP contribution in [0.4, 0.5) is 0 Å². The van der Waals surface area contributed by atoms with Gasteiger partial charge >= 0.3 is 18.9 Å². The van der Waals surface area contributed by atoms with Crippen LogP contribution in [-0.4, -0.2) is 36.1 Å². The van der Waals surface area contributed by atoms with E-state index in [9.17, 15) is 5.11 Å². The second-order valence-corrected chi connectivity index (χ2v) is 6.95. The molecule has 0 amide bonds. The zero-order valence-electron chi connectivity index (χ0n) is 15.0. The van der Waals surface area contributed by atoms with Crippen molar-refractivity contribution < 1.29 is 28.7 Å². The molecule has 0 radical (unpaired) electrons. The number of hydrogen-bond acceptors (Lipinski definition) is 4. The van der Waals surface area contributed by atoms with Crippen molar-refractivity contribution in [2.75, 3.05) is 20.2 Å². The number of piperidine rings is 3. The third kappa shape index (κ3) is 3.25. The summed E-state index contributed by atoms with van der Waals surface area (Å²) in [5.74, 6) is 1.91. The van der Waals surface area contributed by atoms with Gasteiger partial charge in [0.2, 0.25) is 0 Å². The quantitative estimate of drug-likeness (QED) is 0.563. The van der Waals surface area contributed by atoms with E-state index >= 15 is 0 Å². The fourth-order valence-corrected chi connectivity index (χ4v) is 4.42. The zero-order valence-corrected chi connectivity index (χ0v) is 15.0. The van der Waals surface area contributed by atoms with Crippen LogP contribution in [0.3, 0.4) is 0 Å². The molecule has 1 aromatic heterocycles. The molecular weight excluding hydrogens is 307 g/mol. The first-order chi connectivity index (χ1) is 11.7. The van der Waals surface area contributed by atoms with Gasteiger partial charge in [-0.3, -0.25) is 4.98 Å². The maximum absolute atomic E-state index is 13.3. The SMILES string of the molecule is C=C[C@H]1CN2CC[C@H]1C[C@@H]2[C@H]([O-])c1ccnc2ccc(OC)cc12.[Li+]. The molecule has 25 heavy (non-hydrogen) atoms. The Morgan fingerprint density at radius 2 is 2.24 bits per heavy atom. The fraction of sp³-hybridized carbons (Fsp3) is 0.450. The zero-order chi connectivity index (χ0) is 16.7. The number of benzene rings is 1. The Kier molecular flexibility index (Phi) is 5.55. The minimum atomic E-state index is -0.754. The van der Waals surface area contributed by atoms with Crippen LogP contribution in [0.25, 0.3) is 10.9 Å². The third-order valence-corrected chi connectivity index (χ3v) is 5.79. The van der Waals surface area contributed by atoms with Gasteiger partial charge in [-0.05, 0) is 61.1 Å². The maximum atomic E-state index is 13.3. The van der Waals surface area contributed by atoms with Gasteiger partial charge in [-0.25, -0.2) is 0 Å². The Morgan fingerprint density at radius 3 is 2.92 bits per heavy atom. The van der Waals surface area contributed by atoms with Crippen LogP contribution in [-0.2, 0) is 0 Å². The van der Waals surface area contributed by atoms with Gasteiger partial charge in [0.25, 0.3) is 0 Å². The van der Waals surface area contributed by atoms with Gasteiger partial charge in [0, 0.05) is 24.2 Å². The molecule has 4 nitrogen and oxygen atoms in total. The van der Waals surface area contributed by atoms with Crippen LogP contribution in [0.1, 0.15) is 24.5 Å². The largest absolute Gasteiger partial charge is 1.00 e. The van der Waals surface area contributed by atoms with Crippen molar-refractivity contribution >= 4 is 10.9 Å². The second kappa shape index (κ2) is 7.51. The van der Waals surface area contributed by atoms with Crippen LogP contribution in [0.5, 0.6) is 5.75 Å². The summed E-state index contributed by atoms with van der Waals surface area (Å²) in [6.45, 7) is 5.97. The molecule has 0 saturated carbocycles. The van der Waals surface area contributed by atoms with Crippen LogP contribution in [0, 0.1) is 11.8 Å². The number of nitrogens with zero attached hydrogens (tertiary/aromatic N) is 2. The van der Waals surface area contributed by atoms with Crippen molar-refractivity contribution in [1.29, 1.82) is 0 Å². The predicted molar refractivity (Wildman–Crippen MR) is 92.8 cm³/mol. The molecule has 1 unspecified atom stereocenters. The molecule has 4 heterocycles. The first kappa shape index (κ1) is 18.5. The average Bonchev–Trinajstić information content (AvgIpc) is 2.66. The topological polar surface area (TPSA) is 48.4 Å². The molecular formula is C20H23LiN2O2. The van der Waals surface area contributed by atoms with Gasteiger partial charge in [-0.1, -0.05) is 12.2 Å². The summed E-state index contributed by atoms with van der Waals surface area (Å²) < 4.78 is 5.33. The number of methoxy groups -OCH3 is 1. The number of rotatable bonds is 4. The monoisotopic (exact) mass is 330 g/mol. The molecule has 2 aromatic rings. The first-order valence-electron chi connectivity index (χ1n) is 8.66. The fourth-order valence-electron chi connectivity index (χ4n) is 4.42. The summed E-state index contributed by atoms with van der Waals surface area (Å²) >= 11 is 0. The first-order valence-corrected chi connectivity index (χ1v) is 8.66. The maximum Gasteiger partial charge on any atom is 1.00 e. The number of pyridine rings is 1. The predicted octanol–water partition coefficient (Wildman–Crippen LogP) is -0.455. The van der Waals surface area contributed by atoms with E-state index in [2.05, 4.69) is 22.5 Å². The van der Waals surface area contributed by atoms with Crippen molar-refractivity contribution in [2.45, 2.75) is 25.0 Å². The van der Waals surface area contributed by atoms with Crippen LogP contribution < -0.4 is 28.7 Å². The van der Waals surface area contributed by atoms with E-state index in [0.717, 1.165) is 41.7 Å². The number of fused-ring (bicyclic) bond motifs is 4. The molecule has 3 aliphatic heterocycles. The van der Waals surface area contributed by atoms with Crippen molar-refractivity contribution in [3.63, 3.8) is 0 Å². The van der Waals surface area contributed by atoms with E-state index in [0.29, 0.717) is 11.8 Å². The molecule has 3 saturated heterocycles. The van der Waals surface area contributed by atoms with Crippen LogP contribution in [0.2, 0.25) is 0 Å². The molecule has 126 valence electrons. The Morgan fingerprint density at radius 1 is 1.40 bits per heavy atom. The molecule has 0 N–H and O–H groups in total. The van der Waals surface area contributed by atoms with Crippen LogP contribution >= 0.6 is 0 Å². The Hall–Kier alpha value is -1.31. The molecule has 1 aromatic carbocycles. The number of ether oxygens (including phenoxy) is 1. The molecule has 2 bridgehead atoms. The average molecular weight is 330 g/mol. The van der Waals surface area contributed by atoms with Crippen LogP contribution in [0.15, 0.2) is 43.1 Å². The van der Waals surface area contributed by atoms with E-state index in [1.54, 1.807) is 13.3 Å².